The Hall–Kier alpha value is -3.29. The number of anilines is 1. The van der Waals surface area contributed by atoms with E-state index in [9.17, 15) is 10.1 Å². The van der Waals surface area contributed by atoms with Crippen molar-refractivity contribution in [2.45, 2.75) is 13.0 Å². The van der Waals surface area contributed by atoms with Gasteiger partial charge in [0.2, 0.25) is 5.82 Å². The van der Waals surface area contributed by atoms with Crippen LogP contribution in [-0.2, 0) is 0 Å². The number of pyridine rings is 1. The third kappa shape index (κ3) is 3.15. The molecule has 3 rings (SSSR count). The van der Waals surface area contributed by atoms with Crippen molar-refractivity contribution in [3.8, 4) is 5.69 Å². The maximum atomic E-state index is 11.0. The van der Waals surface area contributed by atoms with Gasteiger partial charge in [-0.15, -0.1) is 0 Å². The third-order valence-corrected chi connectivity index (χ3v) is 3.41. The molecule has 1 unspecified atom stereocenters. The van der Waals surface area contributed by atoms with Crippen LogP contribution in [0.1, 0.15) is 18.5 Å². The molecule has 0 aliphatic heterocycles. The molecule has 0 spiro atoms. The Labute approximate surface area is 132 Å². The predicted molar refractivity (Wildman–Crippen MR) is 84.3 cm³/mol. The lowest BCUT2D eigenvalue weighted by Crippen LogP contribution is -2.10. The van der Waals surface area contributed by atoms with Crippen molar-refractivity contribution in [2.24, 2.45) is 0 Å². The Morgan fingerprint density at radius 2 is 2.04 bits per heavy atom. The monoisotopic (exact) mass is 310 g/mol. The number of benzene rings is 1. The molecule has 1 atom stereocenters. The average Bonchev–Trinajstić information content (AvgIpc) is 3.10. The van der Waals surface area contributed by atoms with Crippen LogP contribution in [0.2, 0.25) is 0 Å². The van der Waals surface area contributed by atoms with Crippen LogP contribution in [0.15, 0.2) is 55.2 Å². The Morgan fingerprint density at radius 3 is 2.70 bits per heavy atom. The van der Waals surface area contributed by atoms with Gasteiger partial charge in [0.1, 0.15) is 12.7 Å². The summed E-state index contributed by atoms with van der Waals surface area (Å²) in [6, 6.07) is 10.5. The van der Waals surface area contributed by atoms with E-state index in [1.54, 1.807) is 17.1 Å². The van der Waals surface area contributed by atoms with Crippen LogP contribution < -0.4 is 5.32 Å². The van der Waals surface area contributed by atoms with Crippen molar-refractivity contribution in [1.29, 1.82) is 0 Å². The van der Waals surface area contributed by atoms with E-state index in [0.717, 1.165) is 11.3 Å². The van der Waals surface area contributed by atoms with Crippen LogP contribution in [0.25, 0.3) is 5.69 Å². The molecule has 23 heavy (non-hydrogen) atoms. The van der Waals surface area contributed by atoms with E-state index < -0.39 is 4.92 Å². The zero-order valence-corrected chi connectivity index (χ0v) is 12.3. The van der Waals surface area contributed by atoms with Gasteiger partial charge in [0.05, 0.1) is 16.7 Å². The number of hydrogen-bond donors (Lipinski definition) is 1. The van der Waals surface area contributed by atoms with Gasteiger partial charge in [-0.1, -0.05) is 12.1 Å². The Balaban J connectivity index is 1.79. The summed E-state index contributed by atoms with van der Waals surface area (Å²) in [6.07, 6.45) is 4.61. The van der Waals surface area contributed by atoms with Crippen molar-refractivity contribution in [1.82, 2.24) is 19.7 Å². The van der Waals surface area contributed by atoms with Gasteiger partial charge in [0.15, 0.2) is 0 Å². The van der Waals surface area contributed by atoms with E-state index in [1.807, 2.05) is 31.2 Å². The summed E-state index contributed by atoms with van der Waals surface area (Å²) in [5.74, 6) is 0.255. The summed E-state index contributed by atoms with van der Waals surface area (Å²) in [4.78, 5) is 18.5. The largest absolute Gasteiger partial charge is 0.358 e. The van der Waals surface area contributed by atoms with Gasteiger partial charge in [-0.2, -0.15) is 5.10 Å². The third-order valence-electron chi connectivity index (χ3n) is 3.41. The molecule has 0 fully saturated rings. The standard InChI is InChI=1S/C15H14N6O2/c1-11(19-15-14(21(22)23)3-2-8-17-15)12-4-6-13(7-5-12)20-10-16-9-18-20/h2-11H,1H3,(H,17,19). The highest BCUT2D eigenvalue weighted by Crippen LogP contribution is 2.25. The van der Waals surface area contributed by atoms with Crippen molar-refractivity contribution < 1.29 is 4.92 Å². The molecular weight excluding hydrogens is 296 g/mol. The Kier molecular flexibility index (Phi) is 3.96. The van der Waals surface area contributed by atoms with Crippen LogP contribution >= 0.6 is 0 Å². The molecule has 1 aromatic carbocycles. The molecule has 116 valence electrons. The second-order valence-electron chi connectivity index (χ2n) is 4.93. The van der Waals surface area contributed by atoms with Gasteiger partial charge in [-0.25, -0.2) is 14.6 Å². The van der Waals surface area contributed by atoms with Gasteiger partial charge in [-0.05, 0) is 30.7 Å². The smallest absolute Gasteiger partial charge is 0.311 e. The lowest BCUT2D eigenvalue weighted by Gasteiger charge is -2.15. The fourth-order valence-corrected chi connectivity index (χ4v) is 2.20. The van der Waals surface area contributed by atoms with Gasteiger partial charge in [0.25, 0.3) is 0 Å². The zero-order chi connectivity index (χ0) is 16.2. The highest BCUT2D eigenvalue weighted by Gasteiger charge is 2.16. The number of nitrogens with zero attached hydrogens (tertiary/aromatic N) is 5. The SMILES string of the molecule is CC(Nc1ncccc1[N+](=O)[O-])c1ccc(-n2cncn2)cc1. The van der Waals surface area contributed by atoms with E-state index in [2.05, 4.69) is 20.4 Å². The molecule has 3 aromatic rings. The van der Waals surface area contributed by atoms with E-state index >= 15 is 0 Å². The number of nitro groups is 1. The maximum absolute atomic E-state index is 11.0. The van der Waals surface area contributed by atoms with Crippen LogP contribution in [-0.4, -0.2) is 24.7 Å². The lowest BCUT2D eigenvalue weighted by molar-refractivity contribution is -0.384. The normalized spacial score (nSPS) is 11.9. The van der Waals surface area contributed by atoms with Crippen LogP contribution in [0, 0.1) is 10.1 Å². The summed E-state index contributed by atoms with van der Waals surface area (Å²) < 4.78 is 1.66. The first-order chi connectivity index (χ1) is 11.1. The number of aromatic nitrogens is 4. The first-order valence-electron chi connectivity index (χ1n) is 6.96. The van der Waals surface area contributed by atoms with Crippen molar-refractivity contribution in [3.05, 3.63) is 70.9 Å². The summed E-state index contributed by atoms with van der Waals surface area (Å²) >= 11 is 0. The Morgan fingerprint density at radius 1 is 1.26 bits per heavy atom. The molecule has 0 aliphatic rings. The van der Waals surface area contributed by atoms with E-state index in [1.165, 1.54) is 18.6 Å². The molecule has 2 aromatic heterocycles. The minimum atomic E-state index is -0.449. The van der Waals surface area contributed by atoms with Crippen molar-refractivity contribution in [2.75, 3.05) is 5.32 Å². The van der Waals surface area contributed by atoms with Gasteiger partial charge < -0.3 is 5.32 Å². The van der Waals surface area contributed by atoms with Gasteiger partial charge in [-0.3, -0.25) is 10.1 Å². The minimum Gasteiger partial charge on any atom is -0.358 e. The fourth-order valence-electron chi connectivity index (χ4n) is 2.20. The predicted octanol–water partition coefficient (Wildman–Crippen LogP) is 2.74. The van der Waals surface area contributed by atoms with E-state index in [4.69, 9.17) is 0 Å². The highest BCUT2D eigenvalue weighted by molar-refractivity contribution is 5.56. The molecule has 8 nitrogen and oxygen atoms in total. The first-order valence-corrected chi connectivity index (χ1v) is 6.96. The highest BCUT2D eigenvalue weighted by atomic mass is 16.6. The number of hydrogen-bond acceptors (Lipinski definition) is 6. The number of rotatable bonds is 5. The Bertz CT molecular complexity index is 801. The summed E-state index contributed by atoms with van der Waals surface area (Å²) in [6.45, 7) is 1.92. The van der Waals surface area contributed by atoms with Crippen LogP contribution in [0.4, 0.5) is 11.5 Å². The quantitative estimate of drug-likeness (QED) is 0.574. The number of nitrogens with one attached hydrogen (secondary N) is 1. The molecule has 0 saturated heterocycles. The molecule has 0 bridgehead atoms. The molecule has 0 aliphatic carbocycles. The second kappa shape index (κ2) is 6.22. The molecule has 0 amide bonds. The first kappa shape index (κ1) is 14.6. The fraction of sp³-hybridized carbons (Fsp3) is 0.133. The lowest BCUT2D eigenvalue weighted by atomic mass is 10.1. The van der Waals surface area contributed by atoms with E-state index in [-0.39, 0.29) is 17.5 Å². The van der Waals surface area contributed by atoms with Crippen molar-refractivity contribution in [3.63, 3.8) is 0 Å². The molecule has 1 N–H and O–H groups in total. The average molecular weight is 310 g/mol. The molecular formula is C15H14N6O2. The van der Waals surface area contributed by atoms with E-state index in [0.29, 0.717) is 0 Å². The summed E-state index contributed by atoms with van der Waals surface area (Å²) in [5, 5.41) is 18.2. The summed E-state index contributed by atoms with van der Waals surface area (Å²) in [5.41, 5.74) is 1.83. The molecule has 0 saturated carbocycles. The zero-order valence-electron chi connectivity index (χ0n) is 12.3. The van der Waals surface area contributed by atoms with Crippen LogP contribution in [0.3, 0.4) is 0 Å². The molecule has 2 heterocycles. The van der Waals surface area contributed by atoms with Crippen molar-refractivity contribution >= 4 is 11.5 Å². The topological polar surface area (TPSA) is 98.8 Å². The maximum Gasteiger partial charge on any atom is 0.311 e. The van der Waals surface area contributed by atoms with Gasteiger partial charge in [0, 0.05) is 12.3 Å². The second-order valence-corrected chi connectivity index (χ2v) is 4.93. The summed E-state index contributed by atoms with van der Waals surface area (Å²) in [7, 11) is 0. The minimum absolute atomic E-state index is 0.0430. The molecule has 8 heteroatoms. The molecule has 0 radical (unpaired) electrons. The van der Waals surface area contributed by atoms with Crippen LogP contribution in [0.5, 0.6) is 0 Å². The van der Waals surface area contributed by atoms with Gasteiger partial charge >= 0.3 is 5.69 Å².